The molecule has 0 amide bonds. The lowest BCUT2D eigenvalue weighted by Crippen LogP contribution is -2.15. The van der Waals surface area contributed by atoms with Crippen molar-refractivity contribution < 1.29 is 4.52 Å². The Bertz CT molecular complexity index is 466. The van der Waals surface area contributed by atoms with Gasteiger partial charge >= 0.3 is 0 Å². The van der Waals surface area contributed by atoms with Gasteiger partial charge in [-0.3, -0.25) is 0 Å². The highest BCUT2D eigenvalue weighted by molar-refractivity contribution is 9.10. The van der Waals surface area contributed by atoms with Gasteiger partial charge in [-0.05, 0) is 35.3 Å². The minimum absolute atomic E-state index is 0.159. The summed E-state index contributed by atoms with van der Waals surface area (Å²) in [6.07, 6.45) is 1.59. The molecule has 0 spiro atoms. The molecule has 0 aromatic carbocycles. The molecule has 0 bridgehead atoms. The minimum atomic E-state index is 0.159. The second kappa shape index (κ2) is 5.07. The molecule has 86 valence electrons. The SMILES string of the molecule is CC(N)CCc1nc(-c2cc(Br)cs2)no1. The molecule has 16 heavy (non-hydrogen) atoms. The van der Waals surface area contributed by atoms with Gasteiger partial charge in [0.1, 0.15) is 0 Å². The molecule has 0 aliphatic rings. The van der Waals surface area contributed by atoms with Crippen LogP contribution in [0.25, 0.3) is 10.7 Å². The van der Waals surface area contributed by atoms with Gasteiger partial charge in [0.25, 0.3) is 0 Å². The molecular weight excluding hydrogens is 290 g/mol. The molecule has 0 aliphatic carbocycles. The zero-order chi connectivity index (χ0) is 11.5. The number of hydrogen-bond acceptors (Lipinski definition) is 5. The molecule has 2 aromatic heterocycles. The fraction of sp³-hybridized carbons (Fsp3) is 0.400. The monoisotopic (exact) mass is 301 g/mol. The lowest BCUT2D eigenvalue weighted by atomic mass is 10.2. The summed E-state index contributed by atoms with van der Waals surface area (Å²) in [4.78, 5) is 5.32. The summed E-state index contributed by atoms with van der Waals surface area (Å²) in [6.45, 7) is 1.97. The van der Waals surface area contributed by atoms with E-state index in [-0.39, 0.29) is 6.04 Å². The van der Waals surface area contributed by atoms with Crippen LogP contribution >= 0.6 is 27.3 Å². The van der Waals surface area contributed by atoms with Crippen molar-refractivity contribution in [3.63, 3.8) is 0 Å². The Morgan fingerprint density at radius 2 is 2.44 bits per heavy atom. The van der Waals surface area contributed by atoms with Crippen molar-refractivity contribution in [1.82, 2.24) is 10.1 Å². The molecule has 0 saturated carbocycles. The van der Waals surface area contributed by atoms with E-state index in [1.54, 1.807) is 11.3 Å². The van der Waals surface area contributed by atoms with Crippen LogP contribution in [-0.4, -0.2) is 16.2 Å². The first-order valence-electron chi connectivity index (χ1n) is 4.97. The van der Waals surface area contributed by atoms with Crippen LogP contribution in [0.1, 0.15) is 19.2 Å². The van der Waals surface area contributed by atoms with E-state index in [0.717, 1.165) is 22.2 Å². The van der Waals surface area contributed by atoms with Crippen LogP contribution in [0.5, 0.6) is 0 Å². The quantitative estimate of drug-likeness (QED) is 0.943. The number of thiophene rings is 1. The van der Waals surface area contributed by atoms with E-state index in [9.17, 15) is 0 Å². The number of nitrogens with zero attached hydrogens (tertiary/aromatic N) is 2. The third kappa shape index (κ3) is 2.90. The normalized spacial score (nSPS) is 12.9. The summed E-state index contributed by atoms with van der Waals surface area (Å²) in [7, 11) is 0. The van der Waals surface area contributed by atoms with E-state index < -0.39 is 0 Å². The Kier molecular flexibility index (Phi) is 3.73. The molecule has 4 nitrogen and oxygen atoms in total. The average molecular weight is 302 g/mol. The molecule has 6 heteroatoms. The third-order valence-electron chi connectivity index (χ3n) is 2.07. The van der Waals surface area contributed by atoms with Gasteiger partial charge in [-0.1, -0.05) is 5.16 Å². The Morgan fingerprint density at radius 3 is 3.06 bits per heavy atom. The van der Waals surface area contributed by atoms with Gasteiger partial charge in [-0.2, -0.15) is 4.98 Å². The zero-order valence-electron chi connectivity index (χ0n) is 8.81. The minimum Gasteiger partial charge on any atom is -0.339 e. The first-order chi connectivity index (χ1) is 7.65. The number of aromatic nitrogens is 2. The highest BCUT2D eigenvalue weighted by Gasteiger charge is 2.10. The summed E-state index contributed by atoms with van der Waals surface area (Å²) < 4.78 is 6.19. The Labute approximate surface area is 106 Å². The van der Waals surface area contributed by atoms with Crippen molar-refractivity contribution in [3.8, 4) is 10.7 Å². The predicted octanol–water partition coefficient (Wildman–Crippen LogP) is 2.84. The lowest BCUT2D eigenvalue weighted by molar-refractivity contribution is 0.373. The summed E-state index contributed by atoms with van der Waals surface area (Å²) in [5.41, 5.74) is 5.67. The molecule has 2 heterocycles. The van der Waals surface area contributed by atoms with E-state index in [1.807, 2.05) is 18.4 Å². The Morgan fingerprint density at radius 1 is 1.62 bits per heavy atom. The van der Waals surface area contributed by atoms with Gasteiger partial charge in [-0.15, -0.1) is 11.3 Å². The molecule has 0 saturated heterocycles. The van der Waals surface area contributed by atoms with Gasteiger partial charge in [0.05, 0.1) is 4.88 Å². The molecule has 2 rings (SSSR count). The molecule has 0 fully saturated rings. The van der Waals surface area contributed by atoms with Crippen LogP contribution in [-0.2, 0) is 6.42 Å². The van der Waals surface area contributed by atoms with Crippen LogP contribution in [0.15, 0.2) is 20.4 Å². The van der Waals surface area contributed by atoms with Gasteiger partial charge < -0.3 is 10.3 Å². The number of rotatable bonds is 4. The van der Waals surface area contributed by atoms with Crippen LogP contribution in [0.2, 0.25) is 0 Å². The molecule has 1 atom stereocenters. The van der Waals surface area contributed by atoms with Gasteiger partial charge in [0.2, 0.25) is 11.7 Å². The number of halogens is 1. The molecular formula is C10H12BrN3OS. The third-order valence-corrected chi connectivity index (χ3v) is 3.76. The molecule has 2 aromatic rings. The maximum atomic E-state index is 5.67. The van der Waals surface area contributed by atoms with Crippen molar-refractivity contribution >= 4 is 27.3 Å². The lowest BCUT2D eigenvalue weighted by Gasteiger charge is -1.99. The van der Waals surface area contributed by atoms with E-state index >= 15 is 0 Å². The summed E-state index contributed by atoms with van der Waals surface area (Å²) in [5, 5.41) is 5.93. The summed E-state index contributed by atoms with van der Waals surface area (Å²) in [6, 6.07) is 2.14. The maximum absolute atomic E-state index is 5.67. The second-order valence-electron chi connectivity index (χ2n) is 3.66. The maximum Gasteiger partial charge on any atom is 0.227 e. The standard InChI is InChI=1S/C10H12BrN3OS/c1-6(12)2-3-9-13-10(14-15-9)8-4-7(11)5-16-8/h4-6H,2-3,12H2,1H3. The van der Waals surface area contributed by atoms with Crippen LogP contribution in [0.3, 0.4) is 0 Å². The molecule has 1 unspecified atom stereocenters. The van der Waals surface area contributed by atoms with E-state index in [0.29, 0.717) is 11.7 Å². The average Bonchev–Trinajstić information content (AvgIpc) is 2.83. The highest BCUT2D eigenvalue weighted by atomic mass is 79.9. The Balaban J connectivity index is 2.07. The number of hydrogen-bond donors (Lipinski definition) is 1. The van der Waals surface area contributed by atoms with E-state index in [4.69, 9.17) is 10.3 Å². The highest BCUT2D eigenvalue weighted by Crippen LogP contribution is 2.27. The van der Waals surface area contributed by atoms with Crippen molar-refractivity contribution in [3.05, 3.63) is 21.8 Å². The van der Waals surface area contributed by atoms with Crippen LogP contribution < -0.4 is 5.73 Å². The first kappa shape index (κ1) is 11.8. The van der Waals surface area contributed by atoms with Gasteiger partial charge in [-0.25, -0.2) is 0 Å². The number of aryl methyl sites for hydroxylation is 1. The van der Waals surface area contributed by atoms with Crippen molar-refractivity contribution in [1.29, 1.82) is 0 Å². The van der Waals surface area contributed by atoms with Crippen LogP contribution in [0, 0.1) is 0 Å². The Hall–Kier alpha value is -0.720. The topological polar surface area (TPSA) is 64.9 Å². The fourth-order valence-electron chi connectivity index (χ4n) is 1.24. The zero-order valence-corrected chi connectivity index (χ0v) is 11.2. The van der Waals surface area contributed by atoms with Crippen molar-refractivity contribution in [2.24, 2.45) is 5.73 Å². The molecule has 0 aliphatic heterocycles. The van der Waals surface area contributed by atoms with Crippen molar-refractivity contribution in [2.45, 2.75) is 25.8 Å². The summed E-state index contributed by atoms with van der Waals surface area (Å²) >= 11 is 4.98. The van der Waals surface area contributed by atoms with Crippen LogP contribution in [0.4, 0.5) is 0 Å². The second-order valence-corrected chi connectivity index (χ2v) is 5.48. The predicted molar refractivity (Wildman–Crippen MR) is 67.3 cm³/mol. The fourth-order valence-corrected chi connectivity index (χ4v) is 2.59. The van der Waals surface area contributed by atoms with Crippen molar-refractivity contribution in [2.75, 3.05) is 0 Å². The van der Waals surface area contributed by atoms with Gasteiger partial charge in [0, 0.05) is 22.3 Å². The first-order valence-corrected chi connectivity index (χ1v) is 6.65. The number of nitrogens with two attached hydrogens (primary N) is 1. The van der Waals surface area contributed by atoms with Gasteiger partial charge in [0.15, 0.2) is 0 Å². The van der Waals surface area contributed by atoms with E-state index in [2.05, 4.69) is 26.1 Å². The smallest absolute Gasteiger partial charge is 0.227 e. The largest absolute Gasteiger partial charge is 0.339 e. The molecule has 2 N–H and O–H groups in total. The molecule has 0 radical (unpaired) electrons. The van der Waals surface area contributed by atoms with E-state index in [1.165, 1.54) is 0 Å². The summed E-state index contributed by atoms with van der Waals surface area (Å²) in [5.74, 6) is 1.30.